The molecule has 74 valence electrons. The highest BCUT2D eigenvalue weighted by Crippen LogP contribution is 2.26. The first-order valence-electron chi connectivity index (χ1n) is 4.57. The SMILES string of the molecule is CCCC(F)(F)CCC(C)NC. The molecule has 12 heavy (non-hydrogen) atoms. The molecule has 0 amide bonds. The van der Waals surface area contributed by atoms with Crippen molar-refractivity contribution in [2.75, 3.05) is 7.05 Å². The molecular formula is C9H19F2N. The Balaban J connectivity index is 3.59. The number of rotatable bonds is 6. The first kappa shape index (κ1) is 11.8. The van der Waals surface area contributed by atoms with Crippen LogP contribution in [0.5, 0.6) is 0 Å². The van der Waals surface area contributed by atoms with Gasteiger partial charge in [0.05, 0.1) is 0 Å². The van der Waals surface area contributed by atoms with Crippen molar-refractivity contribution in [3.05, 3.63) is 0 Å². The fraction of sp³-hybridized carbons (Fsp3) is 1.00. The Morgan fingerprint density at radius 1 is 1.33 bits per heavy atom. The molecule has 0 aliphatic rings. The van der Waals surface area contributed by atoms with Gasteiger partial charge in [0.2, 0.25) is 5.92 Å². The zero-order valence-electron chi connectivity index (χ0n) is 8.16. The number of hydrogen-bond donors (Lipinski definition) is 1. The van der Waals surface area contributed by atoms with E-state index in [2.05, 4.69) is 5.32 Å². The van der Waals surface area contributed by atoms with Gasteiger partial charge in [0.15, 0.2) is 0 Å². The Kier molecular flexibility index (Phi) is 5.38. The molecule has 0 aliphatic heterocycles. The maximum atomic E-state index is 12.9. The van der Waals surface area contributed by atoms with Crippen LogP contribution in [0.25, 0.3) is 0 Å². The van der Waals surface area contributed by atoms with Crippen molar-refractivity contribution in [3.63, 3.8) is 0 Å². The molecule has 0 heterocycles. The molecule has 0 saturated heterocycles. The molecule has 1 atom stereocenters. The quantitative estimate of drug-likeness (QED) is 0.661. The molecule has 0 radical (unpaired) electrons. The van der Waals surface area contributed by atoms with Gasteiger partial charge in [-0.15, -0.1) is 0 Å². The summed E-state index contributed by atoms with van der Waals surface area (Å²) < 4.78 is 25.8. The molecule has 0 spiro atoms. The molecule has 0 aromatic carbocycles. The average molecular weight is 179 g/mol. The van der Waals surface area contributed by atoms with E-state index in [1.165, 1.54) is 0 Å². The van der Waals surface area contributed by atoms with Crippen molar-refractivity contribution in [2.45, 2.75) is 51.5 Å². The van der Waals surface area contributed by atoms with Gasteiger partial charge in [-0.2, -0.15) is 0 Å². The second-order valence-corrected chi connectivity index (χ2v) is 3.33. The Morgan fingerprint density at radius 2 is 1.92 bits per heavy atom. The van der Waals surface area contributed by atoms with Crippen LogP contribution in [-0.4, -0.2) is 19.0 Å². The van der Waals surface area contributed by atoms with E-state index in [4.69, 9.17) is 0 Å². The van der Waals surface area contributed by atoms with E-state index in [-0.39, 0.29) is 18.9 Å². The normalized spacial score (nSPS) is 14.8. The van der Waals surface area contributed by atoms with Gasteiger partial charge >= 0.3 is 0 Å². The third kappa shape index (κ3) is 5.47. The standard InChI is InChI=1S/C9H19F2N/c1-4-6-9(10,11)7-5-8(2)12-3/h8,12H,4-7H2,1-3H3. The minimum absolute atomic E-state index is 0.00282. The van der Waals surface area contributed by atoms with Gasteiger partial charge in [-0.05, 0) is 20.4 Å². The van der Waals surface area contributed by atoms with Crippen molar-refractivity contribution in [1.29, 1.82) is 0 Å². The van der Waals surface area contributed by atoms with Crippen LogP contribution in [0.1, 0.15) is 39.5 Å². The lowest BCUT2D eigenvalue weighted by atomic mass is 10.1. The Morgan fingerprint density at radius 3 is 2.33 bits per heavy atom. The van der Waals surface area contributed by atoms with E-state index in [9.17, 15) is 8.78 Å². The highest BCUT2D eigenvalue weighted by molar-refractivity contribution is 4.69. The van der Waals surface area contributed by atoms with E-state index >= 15 is 0 Å². The van der Waals surface area contributed by atoms with E-state index < -0.39 is 5.92 Å². The van der Waals surface area contributed by atoms with Crippen LogP contribution in [0.2, 0.25) is 0 Å². The van der Waals surface area contributed by atoms with Crippen molar-refractivity contribution < 1.29 is 8.78 Å². The first-order valence-corrected chi connectivity index (χ1v) is 4.57. The van der Waals surface area contributed by atoms with E-state index in [0.717, 1.165) is 0 Å². The summed E-state index contributed by atoms with van der Waals surface area (Å²) in [7, 11) is 1.79. The number of halogens is 2. The molecule has 1 nitrogen and oxygen atoms in total. The van der Waals surface area contributed by atoms with Crippen molar-refractivity contribution in [3.8, 4) is 0 Å². The number of alkyl halides is 2. The van der Waals surface area contributed by atoms with Gasteiger partial charge in [0.25, 0.3) is 0 Å². The largest absolute Gasteiger partial charge is 0.317 e. The predicted octanol–water partition coefficient (Wildman–Crippen LogP) is 2.81. The van der Waals surface area contributed by atoms with Crippen molar-refractivity contribution in [1.82, 2.24) is 5.32 Å². The predicted molar refractivity (Wildman–Crippen MR) is 47.6 cm³/mol. The van der Waals surface area contributed by atoms with Gasteiger partial charge in [0.1, 0.15) is 0 Å². The van der Waals surface area contributed by atoms with Crippen LogP contribution in [0, 0.1) is 0 Å². The van der Waals surface area contributed by atoms with E-state index in [0.29, 0.717) is 12.8 Å². The number of nitrogens with one attached hydrogen (secondary N) is 1. The van der Waals surface area contributed by atoms with Gasteiger partial charge in [-0.3, -0.25) is 0 Å². The fourth-order valence-electron chi connectivity index (χ4n) is 1.06. The summed E-state index contributed by atoms with van der Waals surface area (Å²) in [4.78, 5) is 0. The first-order chi connectivity index (χ1) is 5.52. The molecule has 1 N–H and O–H groups in total. The highest BCUT2D eigenvalue weighted by atomic mass is 19.3. The summed E-state index contributed by atoms with van der Waals surface area (Å²) in [6.07, 6.45) is 1.12. The van der Waals surface area contributed by atoms with Gasteiger partial charge < -0.3 is 5.32 Å². The van der Waals surface area contributed by atoms with Gasteiger partial charge in [-0.25, -0.2) is 8.78 Å². The summed E-state index contributed by atoms with van der Waals surface area (Å²) in [5.41, 5.74) is 0. The fourth-order valence-corrected chi connectivity index (χ4v) is 1.06. The molecule has 0 aliphatic carbocycles. The van der Waals surface area contributed by atoms with Crippen LogP contribution in [0.4, 0.5) is 8.78 Å². The molecule has 0 bridgehead atoms. The summed E-state index contributed by atoms with van der Waals surface area (Å²) in [5.74, 6) is -2.46. The zero-order chi connectivity index (χ0) is 9.61. The molecule has 0 saturated carbocycles. The minimum Gasteiger partial charge on any atom is -0.317 e. The molecule has 1 unspecified atom stereocenters. The lowest BCUT2D eigenvalue weighted by Crippen LogP contribution is -2.25. The average Bonchev–Trinajstić information content (AvgIpc) is 2.00. The molecule has 0 aromatic heterocycles. The third-order valence-electron chi connectivity index (χ3n) is 2.05. The molecule has 0 fully saturated rings. The molecule has 3 heteroatoms. The second-order valence-electron chi connectivity index (χ2n) is 3.33. The Hall–Kier alpha value is -0.180. The second kappa shape index (κ2) is 5.46. The lowest BCUT2D eigenvalue weighted by molar-refractivity contribution is -0.0202. The summed E-state index contributed by atoms with van der Waals surface area (Å²) in [5, 5.41) is 2.95. The smallest absolute Gasteiger partial charge is 0.248 e. The molecule has 0 rings (SSSR count). The maximum Gasteiger partial charge on any atom is 0.248 e. The van der Waals surface area contributed by atoms with Crippen molar-refractivity contribution in [2.24, 2.45) is 0 Å². The Bertz CT molecular complexity index is 115. The summed E-state index contributed by atoms with van der Waals surface area (Å²) in [6, 6.07) is 0.188. The third-order valence-corrected chi connectivity index (χ3v) is 2.05. The van der Waals surface area contributed by atoms with E-state index in [1.54, 1.807) is 14.0 Å². The Labute approximate surface area is 73.5 Å². The highest BCUT2D eigenvalue weighted by Gasteiger charge is 2.27. The molecular weight excluding hydrogens is 160 g/mol. The van der Waals surface area contributed by atoms with Gasteiger partial charge in [0, 0.05) is 18.9 Å². The zero-order valence-corrected chi connectivity index (χ0v) is 8.16. The van der Waals surface area contributed by atoms with E-state index in [1.807, 2.05) is 6.92 Å². The van der Waals surface area contributed by atoms with Crippen LogP contribution in [0.3, 0.4) is 0 Å². The summed E-state index contributed by atoms with van der Waals surface area (Å²) in [6.45, 7) is 3.71. The monoisotopic (exact) mass is 179 g/mol. The minimum atomic E-state index is -2.46. The molecule has 0 aromatic rings. The van der Waals surface area contributed by atoms with Crippen molar-refractivity contribution >= 4 is 0 Å². The lowest BCUT2D eigenvalue weighted by Gasteiger charge is -2.17. The maximum absolute atomic E-state index is 12.9. The van der Waals surface area contributed by atoms with Crippen LogP contribution in [-0.2, 0) is 0 Å². The summed E-state index contributed by atoms with van der Waals surface area (Å²) >= 11 is 0. The van der Waals surface area contributed by atoms with Gasteiger partial charge in [-0.1, -0.05) is 13.3 Å². The topological polar surface area (TPSA) is 12.0 Å². The number of hydrogen-bond acceptors (Lipinski definition) is 1. The van der Waals surface area contributed by atoms with Crippen LogP contribution in [0.15, 0.2) is 0 Å². The van der Waals surface area contributed by atoms with Crippen LogP contribution < -0.4 is 5.32 Å². The van der Waals surface area contributed by atoms with Crippen LogP contribution >= 0.6 is 0 Å².